The first-order valence-corrected chi connectivity index (χ1v) is 9.99. The lowest BCUT2D eigenvalue weighted by Crippen LogP contribution is -2.50. The molecular formula is C14H19N3O7S2. The molecule has 1 aromatic heterocycles. The van der Waals surface area contributed by atoms with Gasteiger partial charge in [-0.2, -0.15) is 13.5 Å². The third-order valence-electron chi connectivity index (χ3n) is 4.42. The summed E-state index contributed by atoms with van der Waals surface area (Å²) in [5, 5.41) is 12.0. The van der Waals surface area contributed by atoms with Crippen molar-refractivity contribution in [3.63, 3.8) is 0 Å². The molecular weight excluding hydrogens is 386 g/mol. The molecule has 144 valence electrons. The van der Waals surface area contributed by atoms with Gasteiger partial charge in [-0.1, -0.05) is 0 Å². The summed E-state index contributed by atoms with van der Waals surface area (Å²) in [5.41, 5.74) is -0.00182. The van der Waals surface area contributed by atoms with E-state index in [4.69, 9.17) is 4.55 Å². The number of urea groups is 1. The molecule has 26 heavy (non-hydrogen) atoms. The third kappa shape index (κ3) is 3.24. The molecule has 2 bridgehead atoms. The minimum Gasteiger partial charge on any atom is -0.465 e. The number of amides is 3. The summed E-state index contributed by atoms with van der Waals surface area (Å²) in [5.74, 6) is 0. The number of thiophene rings is 1. The van der Waals surface area contributed by atoms with E-state index in [0.717, 1.165) is 4.88 Å². The maximum Gasteiger partial charge on any atom is 0.418 e. The Morgan fingerprint density at radius 3 is 2.65 bits per heavy atom. The fraction of sp³-hybridized carbons (Fsp3) is 0.571. The molecule has 2 aliphatic rings. The standard InChI is InChI=1S/C14H19N3O7S2/c1-14(2,3)16(13(19)20)7-10-11-8(4-5-25-11)9-6-15(10)12(18)17(9)24-26(21,22)23/h4-5,9-10H,6-7H2,1-3H3,(H,19,20)(H,21,22,23). The SMILES string of the molecule is CC(C)(C)N(CC1c2sccc2C2CN1C(=O)N2OS(=O)(=O)O)C(=O)O. The second-order valence-electron chi connectivity index (χ2n) is 7.10. The van der Waals surface area contributed by atoms with Gasteiger partial charge in [0.15, 0.2) is 0 Å². The molecule has 1 aromatic rings. The molecule has 0 aromatic carbocycles. The highest BCUT2D eigenvalue weighted by Crippen LogP contribution is 2.47. The molecule has 0 radical (unpaired) electrons. The predicted octanol–water partition coefficient (Wildman–Crippen LogP) is 2.09. The van der Waals surface area contributed by atoms with Gasteiger partial charge < -0.3 is 14.9 Å². The lowest BCUT2D eigenvalue weighted by atomic mass is 9.97. The molecule has 0 aliphatic carbocycles. The van der Waals surface area contributed by atoms with Crippen LogP contribution in [0.2, 0.25) is 0 Å². The third-order valence-corrected chi connectivity index (χ3v) is 5.81. The second kappa shape index (κ2) is 6.08. The number of fused-ring (bicyclic) bond motifs is 4. The van der Waals surface area contributed by atoms with E-state index in [1.165, 1.54) is 21.1 Å². The summed E-state index contributed by atoms with van der Waals surface area (Å²) < 4.78 is 35.6. The van der Waals surface area contributed by atoms with Crippen molar-refractivity contribution >= 4 is 33.9 Å². The molecule has 0 spiro atoms. The highest BCUT2D eigenvalue weighted by Gasteiger charge is 2.51. The van der Waals surface area contributed by atoms with E-state index in [1.807, 2.05) is 0 Å². The largest absolute Gasteiger partial charge is 0.465 e. The number of carbonyl (C=O) groups excluding carboxylic acids is 1. The van der Waals surface area contributed by atoms with Crippen LogP contribution in [0.4, 0.5) is 9.59 Å². The van der Waals surface area contributed by atoms with Crippen LogP contribution in [0, 0.1) is 0 Å². The van der Waals surface area contributed by atoms with Gasteiger partial charge >= 0.3 is 22.5 Å². The highest BCUT2D eigenvalue weighted by molar-refractivity contribution is 7.80. The monoisotopic (exact) mass is 405 g/mol. The van der Waals surface area contributed by atoms with Gasteiger partial charge in [-0.15, -0.1) is 15.6 Å². The number of hydroxylamine groups is 2. The summed E-state index contributed by atoms with van der Waals surface area (Å²) in [6.07, 6.45) is -1.12. The summed E-state index contributed by atoms with van der Waals surface area (Å²) in [7, 11) is -4.86. The Morgan fingerprint density at radius 1 is 1.46 bits per heavy atom. The van der Waals surface area contributed by atoms with Gasteiger partial charge in [-0.25, -0.2) is 9.59 Å². The average Bonchev–Trinajstić information content (AvgIpc) is 3.04. The van der Waals surface area contributed by atoms with Crippen LogP contribution in [0.25, 0.3) is 0 Å². The number of rotatable bonds is 4. The highest BCUT2D eigenvalue weighted by atomic mass is 32.3. The first-order valence-electron chi connectivity index (χ1n) is 7.75. The molecule has 2 atom stereocenters. The molecule has 1 saturated heterocycles. The number of carbonyl (C=O) groups is 2. The fourth-order valence-electron chi connectivity index (χ4n) is 3.28. The normalized spacial score (nSPS) is 22.5. The Balaban J connectivity index is 1.98. The van der Waals surface area contributed by atoms with Gasteiger partial charge in [-0.3, -0.25) is 4.55 Å². The number of nitrogens with zero attached hydrogens (tertiary/aromatic N) is 3. The second-order valence-corrected chi connectivity index (χ2v) is 9.05. The summed E-state index contributed by atoms with van der Waals surface area (Å²) in [4.78, 5) is 27.7. The Morgan fingerprint density at radius 2 is 2.12 bits per heavy atom. The quantitative estimate of drug-likeness (QED) is 0.734. The smallest absolute Gasteiger partial charge is 0.418 e. The summed E-state index contributed by atoms with van der Waals surface area (Å²) in [6, 6.07) is -0.245. The van der Waals surface area contributed by atoms with Crippen LogP contribution in [-0.4, -0.2) is 63.7 Å². The molecule has 2 N–H and O–H groups in total. The van der Waals surface area contributed by atoms with Crippen LogP contribution >= 0.6 is 11.3 Å². The van der Waals surface area contributed by atoms with E-state index < -0.39 is 40.1 Å². The minimum absolute atomic E-state index is 0.0323. The van der Waals surface area contributed by atoms with Crippen LogP contribution in [0.3, 0.4) is 0 Å². The lowest BCUT2D eigenvalue weighted by molar-refractivity contribution is -0.0316. The van der Waals surface area contributed by atoms with Crippen molar-refractivity contribution in [2.24, 2.45) is 0 Å². The van der Waals surface area contributed by atoms with Crippen LogP contribution in [0.5, 0.6) is 0 Å². The minimum atomic E-state index is -4.86. The molecule has 10 nitrogen and oxygen atoms in total. The summed E-state index contributed by atoms with van der Waals surface area (Å²) >= 11 is 1.36. The maximum absolute atomic E-state index is 12.6. The van der Waals surface area contributed by atoms with Crippen molar-refractivity contribution in [3.8, 4) is 0 Å². The number of hydrogen-bond donors (Lipinski definition) is 2. The van der Waals surface area contributed by atoms with E-state index in [2.05, 4.69) is 4.28 Å². The van der Waals surface area contributed by atoms with Gasteiger partial charge in [0.25, 0.3) is 0 Å². The van der Waals surface area contributed by atoms with Crippen LogP contribution < -0.4 is 0 Å². The first-order chi connectivity index (χ1) is 11.9. The molecule has 0 saturated carbocycles. The van der Waals surface area contributed by atoms with Crippen molar-refractivity contribution in [1.82, 2.24) is 14.9 Å². The van der Waals surface area contributed by atoms with Crippen molar-refractivity contribution in [2.75, 3.05) is 13.1 Å². The van der Waals surface area contributed by atoms with E-state index >= 15 is 0 Å². The van der Waals surface area contributed by atoms with Gasteiger partial charge in [0.2, 0.25) is 0 Å². The molecule has 2 aliphatic heterocycles. The zero-order chi connectivity index (χ0) is 19.4. The average molecular weight is 405 g/mol. The Bertz CT molecular complexity index is 845. The van der Waals surface area contributed by atoms with Crippen molar-refractivity contribution in [2.45, 2.75) is 38.4 Å². The molecule has 3 amide bonds. The Labute approximate surface area is 154 Å². The van der Waals surface area contributed by atoms with E-state index in [1.54, 1.807) is 32.2 Å². The van der Waals surface area contributed by atoms with Crippen LogP contribution in [0.15, 0.2) is 11.4 Å². The Hall–Kier alpha value is -1.89. The topological polar surface area (TPSA) is 128 Å². The van der Waals surface area contributed by atoms with Gasteiger partial charge in [0.05, 0.1) is 19.1 Å². The molecule has 12 heteroatoms. The van der Waals surface area contributed by atoms with Crippen molar-refractivity contribution in [3.05, 3.63) is 21.9 Å². The Kier molecular flexibility index (Phi) is 4.42. The van der Waals surface area contributed by atoms with Crippen molar-refractivity contribution < 1.29 is 31.9 Å². The number of hydrogen-bond acceptors (Lipinski definition) is 6. The number of carboxylic acid groups (broad SMARTS) is 1. The first kappa shape index (κ1) is 18.9. The van der Waals surface area contributed by atoms with Crippen LogP contribution in [-0.2, 0) is 14.7 Å². The predicted molar refractivity (Wildman–Crippen MR) is 90.9 cm³/mol. The van der Waals surface area contributed by atoms with Gasteiger partial charge in [-0.05, 0) is 37.8 Å². The van der Waals surface area contributed by atoms with Crippen molar-refractivity contribution in [1.29, 1.82) is 0 Å². The van der Waals surface area contributed by atoms with Gasteiger partial charge in [0, 0.05) is 10.4 Å². The molecule has 1 fully saturated rings. The maximum atomic E-state index is 12.6. The molecule has 2 unspecified atom stereocenters. The van der Waals surface area contributed by atoms with E-state index in [0.29, 0.717) is 10.6 Å². The van der Waals surface area contributed by atoms with Gasteiger partial charge in [0.1, 0.15) is 6.04 Å². The zero-order valence-corrected chi connectivity index (χ0v) is 16.0. The zero-order valence-electron chi connectivity index (χ0n) is 14.3. The van der Waals surface area contributed by atoms with Crippen LogP contribution in [0.1, 0.15) is 43.3 Å². The fourth-order valence-corrected chi connectivity index (χ4v) is 4.71. The molecule has 3 heterocycles. The lowest BCUT2D eigenvalue weighted by Gasteiger charge is -2.39. The van der Waals surface area contributed by atoms with E-state index in [-0.39, 0.29) is 13.1 Å². The molecule has 3 rings (SSSR count). The summed E-state index contributed by atoms with van der Waals surface area (Å²) in [6.45, 7) is 5.43. The van der Waals surface area contributed by atoms with E-state index in [9.17, 15) is 23.1 Å².